The average Bonchev–Trinajstić information content (AvgIpc) is 3.68. The first-order valence-corrected chi connectivity index (χ1v) is 16.6. The fourth-order valence-electron chi connectivity index (χ4n) is 8.67. The number of amides is 2. The van der Waals surface area contributed by atoms with Gasteiger partial charge < -0.3 is 9.47 Å². The molecule has 0 spiro atoms. The smallest absolute Gasteiger partial charge is 0.289 e. The summed E-state index contributed by atoms with van der Waals surface area (Å²) in [6, 6.07) is 36.7. The van der Waals surface area contributed by atoms with Crippen molar-refractivity contribution in [2.75, 3.05) is 19.1 Å². The molecule has 3 aliphatic rings. The number of halogens is 1. The van der Waals surface area contributed by atoms with Gasteiger partial charge in [-0.25, -0.2) is 4.90 Å². The molecule has 0 radical (unpaired) electrons. The van der Waals surface area contributed by atoms with Crippen LogP contribution in [-0.4, -0.2) is 36.7 Å². The SMILES string of the molecule is COc1ccc(C2=C(c3ccc(OC)cc3)[C@@]3(c4ccccc4)C(=O)[C@@]2(c2ccccc2)[C@@H]2C(=O)N(c4ccc(Cl)c([N+](=O)[O-])c4)C(=O)[C@H]23)cc1. The summed E-state index contributed by atoms with van der Waals surface area (Å²) in [5, 5.41) is 11.8. The maximum atomic E-state index is 16.0. The molecule has 2 aliphatic carbocycles. The third-order valence-corrected chi connectivity index (χ3v) is 10.9. The molecule has 252 valence electrons. The molecule has 0 aromatic heterocycles. The van der Waals surface area contributed by atoms with Gasteiger partial charge in [-0.1, -0.05) is 96.5 Å². The molecule has 1 heterocycles. The number of imide groups is 1. The molecule has 10 heteroatoms. The predicted molar refractivity (Wildman–Crippen MR) is 192 cm³/mol. The monoisotopic (exact) mass is 696 g/mol. The number of carbonyl (C=O) groups is 3. The van der Waals surface area contributed by atoms with Crippen LogP contribution < -0.4 is 14.4 Å². The highest BCUT2D eigenvalue weighted by Crippen LogP contribution is 2.74. The van der Waals surface area contributed by atoms with Crippen LogP contribution in [0.4, 0.5) is 11.4 Å². The van der Waals surface area contributed by atoms with Crippen LogP contribution in [0.1, 0.15) is 22.3 Å². The van der Waals surface area contributed by atoms with Crippen molar-refractivity contribution < 1.29 is 28.8 Å². The highest BCUT2D eigenvalue weighted by atomic mass is 35.5. The third-order valence-electron chi connectivity index (χ3n) is 10.6. The van der Waals surface area contributed by atoms with Gasteiger partial charge in [0.15, 0.2) is 5.78 Å². The van der Waals surface area contributed by atoms with E-state index < -0.39 is 45.1 Å². The first-order chi connectivity index (χ1) is 24.7. The maximum Gasteiger partial charge on any atom is 0.289 e. The van der Waals surface area contributed by atoms with Gasteiger partial charge in [0.2, 0.25) is 11.8 Å². The van der Waals surface area contributed by atoms with Crippen LogP contribution in [0.25, 0.3) is 11.1 Å². The molecule has 0 unspecified atom stereocenters. The van der Waals surface area contributed by atoms with Gasteiger partial charge in [0, 0.05) is 6.07 Å². The lowest BCUT2D eigenvalue weighted by atomic mass is 9.59. The number of Topliss-reactive ketones (excluding diaryl/α,β-unsaturated/α-hetero) is 1. The summed E-state index contributed by atoms with van der Waals surface area (Å²) in [5.41, 5.74) is -0.0699. The van der Waals surface area contributed by atoms with Gasteiger partial charge in [-0.05, 0) is 69.8 Å². The van der Waals surface area contributed by atoms with Crippen molar-refractivity contribution in [1.82, 2.24) is 0 Å². The fraction of sp³-hybridized carbons (Fsp3) is 0.146. The number of anilines is 1. The van der Waals surface area contributed by atoms with Gasteiger partial charge in [0.05, 0.1) is 47.5 Å². The van der Waals surface area contributed by atoms with E-state index in [0.717, 1.165) is 11.0 Å². The number of nitro groups is 1. The molecule has 1 saturated carbocycles. The van der Waals surface area contributed by atoms with Crippen molar-refractivity contribution in [3.05, 3.63) is 165 Å². The molecule has 8 rings (SSSR count). The van der Waals surface area contributed by atoms with Gasteiger partial charge in [0.25, 0.3) is 5.69 Å². The zero-order valence-electron chi connectivity index (χ0n) is 27.4. The molecule has 4 atom stereocenters. The Morgan fingerprint density at radius 3 is 1.47 bits per heavy atom. The van der Waals surface area contributed by atoms with E-state index in [9.17, 15) is 10.1 Å². The van der Waals surface area contributed by atoms with Crippen molar-refractivity contribution in [2.24, 2.45) is 11.8 Å². The topological polar surface area (TPSA) is 116 Å². The molecule has 5 aromatic rings. The second-order valence-electron chi connectivity index (χ2n) is 12.7. The normalized spacial score (nSPS) is 23.5. The van der Waals surface area contributed by atoms with Crippen LogP contribution in [0.15, 0.2) is 127 Å². The van der Waals surface area contributed by atoms with E-state index in [1.54, 1.807) is 38.5 Å². The highest BCUT2D eigenvalue weighted by Gasteiger charge is 2.82. The second-order valence-corrected chi connectivity index (χ2v) is 13.2. The maximum absolute atomic E-state index is 16.0. The third kappa shape index (κ3) is 4.24. The summed E-state index contributed by atoms with van der Waals surface area (Å²) >= 11 is 6.16. The van der Waals surface area contributed by atoms with Crippen LogP contribution in [0.2, 0.25) is 5.02 Å². The number of ketones is 1. The minimum Gasteiger partial charge on any atom is -0.497 e. The number of nitro benzene ring substituents is 1. The van der Waals surface area contributed by atoms with Gasteiger partial charge in [-0.2, -0.15) is 0 Å². The van der Waals surface area contributed by atoms with E-state index in [0.29, 0.717) is 44.9 Å². The Morgan fingerprint density at radius 1 is 0.647 bits per heavy atom. The Kier molecular flexibility index (Phi) is 7.43. The summed E-state index contributed by atoms with van der Waals surface area (Å²) < 4.78 is 11.0. The lowest BCUT2D eigenvalue weighted by molar-refractivity contribution is -0.384. The fourth-order valence-corrected chi connectivity index (χ4v) is 8.86. The van der Waals surface area contributed by atoms with E-state index in [2.05, 4.69) is 0 Å². The number of ether oxygens (including phenoxy) is 2. The summed E-state index contributed by atoms with van der Waals surface area (Å²) in [5.74, 6) is -2.74. The Labute approximate surface area is 297 Å². The first kappa shape index (κ1) is 32.2. The summed E-state index contributed by atoms with van der Waals surface area (Å²) in [6.07, 6.45) is 0. The van der Waals surface area contributed by atoms with Crippen LogP contribution in [-0.2, 0) is 25.2 Å². The summed E-state index contributed by atoms with van der Waals surface area (Å²) in [6.45, 7) is 0. The Morgan fingerprint density at radius 2 is 1.08 bits per heavy atom. The highest BCUT2D eigenvalue weighted by molar-refractivity contribution is 6.39. The average molecular weight is 697 g/mol. The molecule has 2 bridgehead atoms. The zero-order chi connectivity index (χ0) is 35.7. The van der Waals surface area contributed by atoms with E-state index in [1.165, 1.54) is 12.1 Å². The van der Waals surface area contributed by atoms with Crippen molar-refractivity contribution in [2.45, 2.75) is 10.8 Å². The Hall–Kier alpha value is -6.06. The standard InChI is InChI=1S/C41H29ClN2O7/c1-50-29-18-13-24(14-19-29)33-34(25-15-20-30(51-2)21-16-25)41(27-11-7-4-8-12-27)36-35(40(33,39(41)47)26-9-5-3-6-10-26)37(45)43(38(36)46)28-17-22-31(42)32(23-28)44(48)49/h3-23,35-36H,1-2H3/t35-,36-,40+,41+/m0/s1. The number of benzene rings is 5. The van der Waals surface area contributed by atoms with Gasteiger partial charge in [-0.15, -0.1) is 0 Å². The Balaban J connectivity index is 1.52. The van der Waals surface area contributed by atoms with Crippen molar-refractivity contribution >= 4 is 51.7 Å². The minimum absolute atomic E-state index is 0.00534. The van der Waals surface area contributed by atoms with Crippen molar-refractivity contribution in [1.29, 1.82) is 0 Å². The number of nitrogens with zero attached hydrogens (tertiary/aromatic N) is 2. The molecule has 2 fully saturated rings. The van der Waals surface area contributed by atoms with Crippen molar-refractivity contribution in [3.8, 4) is 11.5 Å². The summed E-state index contributed by atoms with van der Waals surface area (Å²) in [7, 11) is 3.13. The van der Waals surface area contributed by atoms with Crippen molar-refractivity contribution in [3.63, 3.8) is 0 Å². The van der Waals surface area contributed by atoms with Crippen LogP contribution in [0, 0.1) is 22.0 Å². The lowest BCUT2D eigenvalue weighted by Gasteiger charge is -2.39. The van der Waals surface area contributed by atoms with Crippen LogP contribution in [0.3, 0.4) is 0 Å². The number of methoxy groups -OCH3 is 2. The number of rotatable bonds is 8. The molecule has 1 saturated heterocycles. The zero-order valence-corrected chi connectivity index (χ0v) is 28.2. The molecule has 2 amide bonds. The Bertz CT molecular complexity index is 2160. The number of hydrogen-bond donors (Lipinski definition) is 0. The molecular weight excluding hydrogens is 668 g/mol. The second kappa shape index (κ2) is 11.8. The van der Waals surface area contributed by atoms with E-state index >= 15 is 14.4 Å². The number of allylic oxidation sites excluding steroid dienone is 2. The largest absolute Gasteiger partial charge is 0.497 e. The van der Waals surface area contributed by atoms with Gasteiger partial charge in [-0.3, -0.25) is 24.5 Å². The molecular formula is C41H29ClN2O7. The minimum atomic E-state index is -1.65. The van der Waals surface area contributed by atoms with Gasteiger partial charge in [0.1, 0.15) is 16.5 Å². The number of fused-ring (bicyclic) bond motifs is 5. The first-order valence-electron chi connectivity index (χ1n) is 16.2. The molecule has 51 heavy (non-hydrogen) atoms. The van der Waals surface area contributed by atoms with Crippen LogP contribution >= 0.6 is 11.6 Å². The summed E-state index contributed by atoms with van der Waals surface area (Å²) in [4.78, 5) is 58.6. The molecule has 9 nitrogen and oxygen atoms in total. The van der Waals surface area contributed by atoms with Crippen LogP contribution in [0.5, 0.6) is 11.5 Å². The van der Waals surface area contributed by atoms with E-state index in [4.69, 9.17) is 21.1 Å². The van der Waals surface area contributed by atoms with E-state index in [1.807, 2.05) is 84.9 Å². The quantitative estimate of drug-likeness (QED) is 0.0940. The number of hydrogen-bond acceptors (Lipinski definition) is 7. The molecule has 0 N–H and O–H groups in total. The number of carbonyl (C=O) groups excluding carboxylic acids is 3. The van der Waals surface area contributed by atoms with E-state index in [-0.39, 0.29) is 16.5 Å². The molecule has 5 aromatic carbocycles. The van der Waals surface area contributed by atoms with Gasteiger partial charge >= 0.3 is 0 Å². The predicted octanol–water partition coefficient (Wildman–Crippen LogP) is 7.45. The molecule has 1 aliphatic heterocycles. The lowest BCUT2D eigenvalue weighted by Crippen LogP contribution is -2.45.